The van der Waals surface area contributed by atoms with Crippen molar-refractivity contribution >= 4 is 28.8 Å². The average Bonchev–Trinajstić information content (AvgIpc) is 3.21. The standard InChI is InChI=1S/C20H24N6O2/c1-4-6-7-10-25-16-9-8-14(18(21)27)12-15(16)22-20(25)23-19(28)17-11-13(3)24-26(17)5-2/h6-9,11-12H,4-5,10H2,1-3H3,(H2,21,27)(H,22,23,28)/b7-6+. The molecule has 3 aromatic rings. The van der Waals surface area contributed by atoms with Crippen LogP contribution in [0.3, 0.4) is 0 Å². The number of hydrogen-bond acceptors (Lipinski definition) is 4. The average molecular weight is 380 g/mol. The molecule has 0 radical (unpaired) electrons. The molecule has 0 atom stereocenters. The van der Waals surface area contributed by atoms with Crippen LogP contribution >= 0.6 is 0 Å². The molecule has 0 bridgehead atoms. The van der Waals surface area contributed by atoms with Crippen LogP contribution in [0.15, 0.2) is 36.4 Å². The molecule has 0 aliphatic rings. The van der Waals surface area contributed by atoms with E-state index in [1.165, 1.54) is 0 Å². The molecule has 0 spiro atoms. The van der Waals surface area contributed by atoms with Crippen LogP contribution in [0.4, 0.5) is 5.95 Å². The summed E-state index contributed by atoms with van der Waals surface area (Å²) in [5, 5.41) is 7.20. The summed E-state index contributed by atoms with van der Waals surface area (Å²) in [6.07, 6.45) is 4.97. The van der Waals surface area contributed by atoms with E-state index < -0.39 is 5.91 Å². The Morgan fingerprint density at radius 3 is 2.68 bits per heavy atom. The number of benzene rings is 1. The van der Waals surface area contributed by atoms with Gasteiger partial charge in [0.05, 0.1) is 16.7 Å². The first-order valence-electron chi connectivity index (χ1n) is 9.25. The lowest BCUT2D eigenvalue weighted by Crippen LogP contribution is -2.19. The number of fused-ring (bicyclic) bond motifs is 1. The van der Waals surface area contributed by atoms with Gasteiger partial charge >= 0.3 is 0 Å². The smallest absolute Gasteiger partial charge is 0.276 e. The lowest BCUT2D eigenvalue weighted by molar-refractivity contribution is 0.0996. The van der Waals surface area contributed by atoms with Gasteiger partial charge in [-0.3, -0.25) is 19.6 Å². The van der Waals surface area contributed by atoms with Gasteiger partial charge in [0, 0.05) is 18.7 Å². The van der Waals surface area contributed by atoms with Crippen molar-refractivity contribution in [2.75, 3.05) is 5.32 Å². The van der Waals surface area contributed by atoms with Crippen molar-refractivity contribution in [1.82, 2.24) is 19.3 Å². The quantitative estimate of drug-likeness (QED) is 0.614. The highest BCUT2D eigenvalue weighted by atomic mass is 16.2. The van der Waals surface area contributed by atoms with Crippen molar-refractivity contribution in [2.24, 2.45) is 5.73 Å². The number of nitrogens with zero attached hydrogens (tertiary/aromatic N) is 4. The number of allylic oxidation sites excluding steroid dienone is 2. The second kappa shape index (κ2) is 8.08. The number of hydrogen-bond donors (Lipinski definition) is 2. The Kier molecular flexibility index (Phi) is 5.58. The van der Waals surface area contributed by atoms with Gasteiger partial charge in [0.2, 0.25) is 11.9 Å². The fraction of sp³-hybridized carbons (Fsp3) is 0.300. The predicted molar refractivity (Wildman–Crippen MR) is 108 cm³/mol. The third-order valence-corrected chi connectivity index (χ3v) is 4.38. The molecule has 0 unspecified atom stereocenters. The van der Waals surface area contributed by atoms with Gasteiger partial charge in [-0.05, 0) is 44.5 Å². The highest BCUT2D eigenvalue weighted by molar-refractivity contribution is 6.03. The monoisotopic (exact) mass is 380 g/mol. The minimum atomic E-state index is -0.518. The molecule has 2 heterocycles. The Hall–Kier alpha value is -3.42. The molecule has 28 heavy (non-hydrogen) atoms. The van der Waals surface area contributed by atoms with E-state index in [9.17, 15) is 9.59 Å². The molecule has 0 aliphatic heterocycles. The molecule has 0 saturated carbocycles. The van der Waals surface area contributed by atoms with Crippen LogP contribution in [-0.2, 0) is 13.1 Å². The van der Waals surface area contributed by atoms with Crippen molar-refractivity contribution in [3.63, 3.8) is 0 Å². The fourth-order valence-electron chi connectivity index (χ4n) is 3.04. The Morgan fingerprint density at radius 1 is 1.21 bits per heavy atom. The minimum Gasteiger partial charge on any atom is -0.366 e. The number of nitrogens with one attached hydrogen (secondary N) is 1. The molecule has 3 N–H and O–H groups in total. The number of anilines is 1. The summed E-state index contributed by atoms with van der Waals surface area (Å²) < 4.78 is 3.55. The maximum Gasteiger partial charge on any atom is 0.276 e. The van der Waals surface area contributed by atoms with E-state index in [1.807, 2.05) is 30.6 Å². The molecular formula is C20H24N6O2. The molecular weight excluding hydrogens is 356 g/mol. The predicted octanol–water partition coefficient (Wildman–Crippen LogP) is 2.88. The zero-order valence-corrected chi connectivity index (χ0v) is 16.3. The van der Waals surface area contributed by atoms with Crippen LogP contribution in [0.2, 0.25) is 0 Å². The number of nitrogens with two attached hydrogens (primary N) is 1. The van der Waals surface area contributed by atoms with Gasteiger partial charge in [0.25, 0.3) is 5.91 Å². The molecule has 0 aliphatic carbocycles. The first-order valence-corrected chi connectivity index (χ1v) is 9.25. The topological polar surface area (TPSA) is 108 Å². The Bertz CT molecular complexity index is 1060. The maximum atomic E-state index is 12.8. The van der Waals surface area contributed by atoms with Crippen LogP contribution in [0.5, 0.6) is 0 Å². The van der Waals surface area contributed by atoms with Gasteiger partial charge in [-0.1, -0.05) is 19.1 Å². The van der Waals surface area contributed by atoms with Crippen LogP contribution < -0.4 is 11.1 Å². The first kappa shape index (κ1) is 19.3. The number of carbonyl (C=O) groups is 2. The van der Waals surface area contributed by atoms with Gasteiger partial charge < -0.3 is 10.3 Å². The van der Waals surface area contributed by atoms with Crippen LogP contribution in [-0.4, -0.2) is 31.1 Å². The highest BCUT2D eigenvalue weighted by Gasteiger charge is 2.18. The number of primary amides is 1. The van der Waals surface area contributed by atoms with E-state index >= 15 is 0 Å². The normalized spacial score (nSPS) is 11.4. The van der Waals surface area contributed by atoms with Gasteiger partial charge in [-0.15, -0.1) is 0 Å². The summed E-state index contributed by atoms with van der Waals surface area (Å²) in [7, 11) is 0. The lowest BCUT2D eigenvalue weighted by Gasteiger charge is -2.09. The summed E-state index contributed by atoms with van der Waals surface area (Å²) in [6, 6.07) is 6.83. The van der Waals surface area contributed by atoms with E-state index in [2.05, 4.69) is 22.3 Å². The molecule has 8 heteroatoms. The van der Waals surface area contributed by atoms with Crippen LogP contribution in [0.25, 0.3) is 11.0 Å². The fourth-order valence-corrected chi connectivity index (χ4v) is 3.04. The second-order valence-electron chi connectivity index (χ2n) is 6.43. The van der Waals surface area contributed by atoms with E-state index in [4.69, 9.17) is 5.73 Å². The molecule has 8 nitrogen and oxygen atoms in total. The lowest BCUT2D eigenvalue weighted by atomic mass is 10.2. The summed E-state index contributed by atoms with van der Waals surface area (Å²) >= 11 is 0. The molecule has 146 valence electrons. The maximum absolute atomic E-state index is 12.8. The summed E-state index contributed by atoms with van der Waals surface area (Å²) in [4.78, 5) is 28.8. The van der Waals surface area contributed by atoms with E-state index in [0.29, 0.717) is 35.8 Å². The largest absolute Gasteiger partial charge is 0.366 e. The zero-order chi connectivity index (χ0) is 20.3. The van der Waals surface area contributed by atoms with E-state index in [0.717, 1.165) is 17.6 Å². The van der Waals surface area contributed by atoms with Crippen molar-refractivity contribution in [2.45, 2.75) is 40.3 Å². The summed E-state index contributed by atoms with van der Waals surface area (Å²) in [5.41, 5.74) is 8.40. The number of carbonyl (C=O) groups excluding carboxylic acids is 2. The molecule has 0 saturated heterocycles. The SMILES string of the molecule is CC/C=C/Cn1c(NC(=O)c2cc(C)nn2CC)nc2cc(C(N)=O)ccc21. The number of rotatable bonds is 7. The molecule has 2 aromatic heterocycles. The Balaban J connectivity index is 2.02. The first-order chi connectivity index (χ1) is 13.4. The van der Waals surface area contributed by atoms with Gasteiger partial charge in [0.15, 0.2) is 0 Å². The van der Waals surface area contributed by atoms with E-state index in [-0.39, 0.29) is 5.91 Å². The summed E-state index contributed by atoms with van der Waals surface area (Å²) in [5.74, 6) is -0.396. The van der Waals surface area contributed by atoms with E-state index in [1.54, 1.807) is 28.9 Å². The van der Waals surface area contributed by atoms with Crippen molar-refractivity contribution in [1.29, 1.82) is 0 Å². The zero-order valence-electron chi connectivity index (χ0n) is 16.3. The number of aryl methyl sites for hydroxylation is 2. The third-order valence-electron chi connectivity index (χ3n) is 4.38. The van der Waals surface area contributed by atoms with Crippen molar-refractivity contribution in [3.8, 4) is 0 Å². The van der Waals surface area contributed by atoms with Gasteiger partial charge in [-0.25, -0.2) is 4.98 Å². The van der Waals surface area contributed by atoms with Crippen molar-refractivity contribution < 1.29 is 9.59 Å². The van der Waals surface area contributed by atoms with Gasteiger partial charge in [-0.2, -0.15) is 5.10 Å². The van der Waals surface area contributed by atoms with Crippen LogP contribution in [0, 0.1) is 6.92 Å². The number of aromatic nitrogens is 4. The molecule has 0 fully saturated rings. The minimum absolute atomic E-state index is 0.284. The Labute approximate surface area is 163 Å². The Morgan fingerprint density at radius 2 is 2.00 bits per heavy atom. The van der Waals surface area contributed by atoms with Crippen molar-refractivity contribution in [3.05, 3.63) is 53.4 Å². The summed E-state index contributed by atoms with van der Waals surface area (Å²) in [6.45, 7) is 6.97. The van der Waals surface area contributed by atoms with Gasteiger partial charge in [0.1, 0.15) is 5.69 Å². The molecule has 3 rings (SSSR count). The molecule has 1 aromatic carbocycles. The van der Waals surface area contributed by atoms with Crippen LogP contribution in [0.1, 0.15) is 46.8 Å². The third kappa shape index (κ3) is 3.80. The second-order valence-corrected chi connectivity index (χ2v) is 6.43. The number of amides is 2. The molecule has 2 amide bonds. The number of imidazole rings is 1. The highest BCUT2D eigenvalue weighted by Crippen LogP contribution is 2.22.